The molecule has 4 atom stereocenters. The van der Waals surface area contributed by atoms with Crippen molar-refractivity contribution < 1.29 is 25.2 Å². The lowest BCUT2D eigenvalue weighted by molar-refractivity contribution is -0.323. The lowest BCUT2D eigenvalue weighted by Crippen LogP contribution is -2.60. The van der Waals surface area contributed by atoms with Crippen LogP contribution < -0.4 is 0 Å². The molecular formula is C29H58O5. The van der Waals surface area contributed by atoms with Gasteiger partial charge >= 0.3 is 0 Å². The van der Waals surface area contributed by atoms with Crippen molar-refractivity contribution in [2.45, 2.75) is 179 Å². The van der Waals surface area contributed by atoms with Crippen molar-refractivity contribution in [3.63, 3.8) is 0 Å². The molecule has 1 rings (SSSR count). The normalized spacial score (nSPS) is 25.1. The van der Waals surface area contributed by atoms with Gasteiger partial charge in [-0.3, -0.25) is 0 Å². The third-order valence-corrected chi connectivity index (χ3v) is 7.57. The Hall–Kier alpha value is -0.200. The topological polar surface area (TPSA) is 90.2 Å². The second-order valence-corrected chi connectivity index (χ2v) is 10.8. The van der Waals surface area contributed by atoms with Gasteiger partial charge < -0.3 is 25.2 Å². The van der Waals surface area contributed by atoms with Crippen LogP contribution in [-0.4, -0.2) is 51.1 Å². The predicted octanol–water partition coefficient (Wildman–Crippen LogP) is 6.78. The summed E-state index contributed by atoms with van der Waals surface area (Å²) in [5.74, 6) is -1.73. The molecule has 1 fully saturated rings. The van der Waals surface area contributed by atoms with Crippen LogP contribution in [0.1, 0.15) is 155 Å². The molecule has 1 heterocycles. The molecule has 1 aliphatic rings. The maximum absolute atomic E-state index is 10.4. The van der Waals surface area contributed by atoms with Gasteiger partial charge in [-0.2, -0.15) is 0 Å². The van der Waals surface area contributed by atoms with E-state index in [4.69, 9.17) is 4.74 Å². The second kappa shape index (κ2) is 20.9. The number of aliphatic hydroxyl groups excluding tert-OH is 3. The average Bonchev–Trinajstić information content (AvgIpc) is 2.83. The summed E-state index contributed by atoms with van der Waals surface area (Å²) in [4.78, 5) is 0. The minimum Gasteiger partial charge on any atom is -0.388 e. The first-order valence-electron chi connectivity index (χ1n) is 14.9. The van der Waals surface area contributed by atoms with Crippen LogP contribution in [0.15, 0.2) is 0 Å². The zero-order chi connectivity index (χ0) is 24.9. The Balaban J connectivity index is 1.76. The number of ether oxygens (including phenoxy) is 1. The molecule has 0 amide bonds. The van der Waals surface area contributed by atoms with E-state index in [1.807, 2.05) is 0 Å². The molecule has 5 nitrogen and oxygen atoms in total. The zero-order valence-corrected chi connectivity index (χ0v) is 22.4. The largest absolute Gasteiger partial charge is 0.388 e. The van der Waals surface area contributed by atoms with Crippen LogP contribution in [0, 0.1) is 0 Å². The molecule has 0 spiro atoms. The van der Waals surface area contributed by atoms with E-state index < -0.39 is 24.1 Å². The number of rotatable bonds is 23. The summed E-state index contributed by atoms with van der Waals surface area (Å²) in [5, 5.41) is 39.5. The Morgan fingerprint density at radius 2 is 0.882 bits per heavy atom. The highest BCUT2D eigenvalue weighted by molar-refractivity contribution is 4.91. The minimum atomic E-state index is -1.73. The Morgan fingerprint density at radius 1 is 0.559 bits per heavy atom. The van der Waals surface area contributed by atoms with Gasteiger partial charge in [-0.15, -0.1) is 0 Å². The van der Waals surface area contributed by atoms with E-state index in [1.54, 1.807) is 0 Å². The first-order valence-corrected chi connectivity index (χ1v) is 14.9. The van der Waals surface area contributed by atoms with Gasteiger partial charge in [0.15, 0.2) is 5.79 Å². The monoisotopic (exact) mass is 486 g/mol. The number of hydrogen-bond donors (Lipinski definition) is 4. The molecule has 0 aliphatic carbocycles. The molecule has 0 radical (unpaired) electrons. The van der Waals surface area contributed by atoms with Crippen LogP contribution in [0.3, 0.4) is 0 Å². The van der Waals surface area contributed by atoms with Crippen molar-refractivity contribution in [1.82, 2.24) is 0 Å². The summed E-state index contributed by atoms with van der Waals surface area (Å²) >= 11 is 0. The van der Waals surface area contributed by atoms with Crippen molar-refractivity contribution >= 4 is 0 Å². The van der Waals surface area contributed by atoms with E-state index in [1.165, 1.54) is 122 Å². The summed E-state index contributed by atoms with van der Waals surface area (Å²) in [6.07, 6.45) is 25.6. The Labute approximate surface area is 210 Å². The van der Waals surface area contributed by atoms with Crippen molar-refractivity contribution in [3.8, 4) is 0 Å². The lowest BCUT2D eigenvalue weighted by atomic mass is 9.92. The first-order chi connectivity index (χ1) is 16.5. The van der Waals surface area contributed by atoms with Crippen LogP contribution >= 0.6 is 0 Å². The fourth-order valence-corrected chi connectivity index (χ4v) is 5.10. The van der Waals surface area contributed by atoms with E-state index in [9.17, 15) is 20.4 Å². The van der Waals surface area contributed by atoms with Crippen molar-refractivity contribution in [3.05, 3.63) is 0 Å². The van der Waals surface area contributed by atoms with E-state index >= 15 is 0 Å². The molecule has 5 heteroatoms. The fraction of sp³-hybridized carbons (Fsp3) is 1.00. The maximum Gasteiger partial charge on any atom is 0.194 e. The maximum atomic E-state index is 10.4. The molecule has 1 aliphatic heterocycles. The summed E-state index contributed by atoms with van der Waals surface area (Å²) in [6, 6.07) is 0. The van der Waals surface area contributed by atoms with Crippen molar-refractivity contribution in [2.75, 3.05) is 6.61 Å². The quantitative estimate of drug-likeness (QED) is 0.120. The number of unbranched alkanes of at least 4 members (excludes halogenated alkanes) is 21. The zero-order valence-electron chi connectivity index (χ0n) is 22.4. The molecule has 0 unspecified atom stereocenters. The van der Waals surface area contributed by atoms with Gasteiger partial charge in [0.2, 0.25) is 0 Å². The highest BCUT2D eigenvalue weighted by Gasteiger charge is 2.47. The fourth-order valence-electron chi connectivity index (χ4n) is 5.10. The molecule has 34 heavy (non-hydrogen) atoms. The highest BCUT2D eigenvalue weighted by atomic mass is 16.6. The summed E-state index contributed by atoms with van der Waals surface area (Å²) in [7, 11) is 0. The molecule has 0 aromatic heterocycles. The smallest absolute Gasteiger partial charge is 0.194 e. The van der Waals surface area contributed by atoms with Gasteiger partial charge in [0, 0.05) is 6.42 Å². The van der Waals surface area contributed by atoms with Crippen LogP contribution in [0.2, 0.25) is 0 Å². The molecular weight excluding hydrogens is 428 g/mol. The van der Waals surface area contributed by atoms with E-state index in [0.29, 0.717) is 0 Å². The third-order valence-electron chi connectivity index (χ3n) is 7.57. The molecule has 204 valence electrons. The molecule has 1 saturated heterocycles. The number of hydrogen-bond acceptors (Lipinski definition) is 5. The molecule has 0 bridgehead atoms. The van der Waals surface area contributed by atoms with Gasteiger partial charge in [0.05, 0.1) is 6.61 Å². The molecule has 0 aromatic carbocycles. The standard InChI is InChI=1S/C29H58O5/c1-2-3-4-5-6-7-8-9-10-11-12-13-14-15-16-17-18-19-20-21-22-23-24-29(33)28(32)27(31)26(30)25-34-29/h26-28,30-33H,2-25H2,1H3/t26-,27+,28-,29-/m1/s1. The molecule has 0 aromatic rings. The average molecular weight is 487 g/mol. The number of aliphatic hydroxyl groups is 4. The van der Waals surface area contributed by atoms with Crippen molar-refractivity contribution in [1.29, 1.82) is 0 Å². The van der Waals surface area contributed by atoms with Gasteiger partial charge in [-0.25, -0.2) is 0 Å². The summed E-state index contributed by atoms with van der Waals surface area (Å²) < 4.78 is 5.20. The van der Waals surface area contributed by atoms with Gasteiger partial charge in [0.25, 0.3) is 0 Å². The minimum absolute atomic E-state index is 0.145. The van der Waals surface area contributed by atoms with E-state index in [0.717, 1.165) is 19.3 Å². The van der Waals surface area contributed by atoms with Crippen molar-refractivity contribution in [2.24, 2.45) is 0 Å². The third kappa shape index (κ3) is 15.0. The van der Waals surface area contributed by atoms with Gasteiger partial charge in [-0.1, -0.05) is 142 Å². The Kier molecular flexibility index (Phi) is 19.6. The van der Waals surface area contributed by atoms with Gasteiger partial charge in [0.1, 0.15) is 18.3 Å². The summed E-state index contributed by atoms with van der Waals surface area (Å²) in [6.45, 7) is 2.14. The second-order valence-electron chi connectivity index (χ2n) is 10.8. The lowest BCUT2D eigenvalue weighted by Gasteiger charge is -2.41. The predicted molar refractivity (Wildman–Crippen MR) is 141 cm³/mol. The first kappa shape index (κ1) is 31.8. The summed E-state index contributed by atoms with van der Waals surface area (Å²) in [5.41, 5.74) is 0. The SMILES string of the molecule is CCCCCCCCCCCCCCCCCCCCCCCC[C@@]1(O)OC[C@@H](O)[C@H](O)[C@H]1O. The van der Waals surface area contributed by atoms with Crippen LogP contribution in [0.5, 0.6) is 0 Å². The Morgan fingerprint density at radius 3 is 1.24 bits per heavy atom. The van der Waals surface area contributed by atoms with Crippen LogP contribution in [0.4, 0.5) is 0 Å². The molecule has 0 saturated carbocycles. The highest BCUT2D eigenvalue weighted by Crippen LogP contribution is 2.29. The molecule has 4 N–H and O–H groups in total. The van der Waals surface area contributed by atoms with E-state index in [-0.39, 0.29) is 13.0 Å². The Bertz CT molecular complexity index is 446. The van der Waals surface area contributed by atoms with E-state index in [2.05, 4.69) is 6.92 Å². The van der Waals surface area contributed by atoms with Crippen LogP contribution in [0.25, 0.3) is 0 Å². The van der Waals surface area contributed by atoms with Crippen LogP contribution in [-0.2, 0) is 4.74 Å². The van der Waals surface area contributed by atoms with Gasteiger partial charge in [-0.05, 0) is 6.42 Å².